The van der Waals surface area contributed by atoms with E-state index in [0.29, 0.717) is 10.6 Å². The molecule has 8 heteroatoms. The zero-order chi connectivity index (χ0) is 13.5. The van der Waals surface area contributed by atoms with Crippen LogP contribution in [0.25, 0.3) is 0 Å². The average Bonchev–Trinajstić information content (AvgIpc) is 2.80. The lowest BCUT2D eigenvalue weighted by atomic mass is 10.3. The van der Waals surface area contributed by atoms with E-state index in [1.807, 2.05) is 13.0 Å². The van der Waals surface area contributed by atoms with Gasteiger partial charge in [0.2, 0.25) is 15.9 Å². The van der Waals surface area contributed by atoms with E-state index in [9.17, 15) is 13.2 Å². The zero-order valence-corrected chi connectivity index (χ0v) is 11.2. The van der Waals surface area contributed by atoms with Gasteiger partial charge in [-0.25, -0.2) is 13.6 Å². The Labute approximate surface area is 109 Å². The number of nitrogens with two attached hydrogens (primary N) is 1. The van der Waals surface area contributed by atoms with Gasteiger partial charge in [0.25, 0.3) is 0 Å². The lowest BCUT2D eigenvalue weighted by Crippen LogP contribution is -2.32. The fraction of sp³-hybridized carbons (Fsp3) is 0.400. The smallest absolute Gasteiger partial charge is 0.229 e. The van der Waals surface area contributed by atoms with E-state index in [4.69, 9.17) is 10.4 Å². The highest BCUT2D eigenvalue weighted by Gasteiger charge is 2.38. The van der Waals surface area contributed by atoms with Crippen LogP contribution in [0.1, 0.15) is 16.9 Å². The summed E-state index contributed by atoms with van der Waals surface area (Å²) in [5.74, 6) is -0.313. The molecule has 6 nitrogen and oxygen atoms in total. The zero-order valence-electron chi connectivity index (χ0n) is 9.58. The molecule has 0 aliphatic carbocycles. The third-order valence-electron chi connectivity index (χ3n) is 2.76. The number of anilines is 1. The predicted octanol–water partition coefficient (Wildman–Crippen LogP) is 0.322. The van der Waals surface area contributed by atoms with E-state index >= 15 is 0 Å². The lowest BCUT2D eigenvalue weighted by molar-refractivity contribution is -0.117. The third kappa shape index (κ3) is 2.25. The highest BCUT2D eigenvalue weighted by atomic mass is 32.2. The first-order chi connectivity index (χ1) is 8.32. The van der Waals surface area contributed by atoms with Crippen molar-refractivity contribution in [2.45, 2.75) is 18.6 Å². The molecule has 1 aromatic rings. The normalized spacial score (nSPS) is 20.2. The standard InChI is InChI=1S/C10H11N3O3S2/c1-6-2-7(4-11)10(17-6)13-5-8(3-9(13)14)18(12,15)16/h2,8H,3,5H2,1H3,(H2,12,15,16). The predicted molar refractivity (Wildman–Crippen MR) is 67.6 cm³/mol. The number of carbonyl (C=O) groups excluding carboxylic acids is 1. The number of nitrogens with zero attached hydrogens (tertiary/aromatic N) is 2. The molecule has 1 fully saturated rings. The van der Waals surface area contributed by atoms with Crippen LogP contribution in [0.15, 0.2) is 6.07 Å². The Morgan fingerprint density at radius 1 is 1.61 bits per heavy atom. The molecule has 1 unspecified atom stereocenters. The monoisotopic (exact) mass is 285 g/mol. The quantitative estimate of drug-likeness (QED) is 0.845. The van der Waals surface area contributed by atoms with Crippen molar-refractivity contribution in [1.29, 1.82) is 5.26 Å². The number of rotatable bonds is 2. The van der Waals surface area contributed by atoms with Crippen molar-refractivity contribution in [3.63, 3.8) is 0 Å². The Bertz CT molecular complexity index is 642. The minimum atomic E-state index is -3.73. The molecular weight excluding hydrogens is 274 g/mol. The van der Waals surface area contributed by atoms with Crippen molar-refractivity contribution in [2.24, 2.45) is 5.14 Å². The van der Waals surface area contributed by atoms with Gasteiger partial charge in [-0.3, -0.25) is 4.79 Å². The van der Waals surface area contributed by atoms with Crippen LogP contribution in [-0.4, -0.2) is 26.1 Å². The molecule has 18 heavy (non-hydrogen) atoms. The van der Waals surface area contributed by atoms with Gasteiger partial charge in [-0.15, -0.1) is 11.3 Å². The van der Waals surface area contributed by atoms with Crippen LogP contribution in [0.3, 0.4) is 0 Å². The molecular formula is C10H11N3O3S2. The molecule has 0 aromatic carbocycles. The Balaban J connectivity index is 2.36. The molecule has 0 radical (unpaired) electrons. The van der Waals surface area contributed by atoms with Crippen molar-refractivity contribution in [2.75, 3.05) is 11.4 Å². The summed E-state index contributed by atoms with van der Waals surface area (Å²) in [5.41, 5.74) is 0.390. The number of hydrogen-bond donors (Lipinski definition) is 1. The largest absolute Gasteiger partial charge is 0.301 e. The molecule has 96 valence electrons. The van der Waals surface area contributed by atoms with E-state index in [1.54, 1.807) is 6.07 Å². The highest BCUT2D eigenvalue weighted by molar-refractivity contribution is 7.89. The maximum atomic E-state index is 11.8. The van der Waals surface area contributed by atoms with Gasteiger partial charge in [-0.2, -0.15) is 5.26 Å². The van der Waals surface area contributed by atoms with Gasteiger partial charge >= 0.3 is 0 Å². The highest BCUT2D eigenvalue weighted by Crippen LogP contribution is 2.34. The van der Waals surface area contributed by atoms with Gasteiger partial charge in [0, 0.05) is 17.8 Å². The number of sulfonamides is 1. The Kier molecular flexibility index (Phi) is 3.14. The summed E-state index contributed by atoms with van der Waals surface area (Å²) >= 11 is 1.30. The van der Waals surface area contributed by atoms with E-state index < -0.39 is 15.3 Å². The van der Waals surface area contributed by atoms with Crippen molar-refractivity contribution >= 4 is 32.3 Å². The van der Waals surface area contributed by atoms with Crippen LogP contribution in [0.2, 0.25) is 0 Å². The third-order valence-corrected chi connectivity index (χ3v) is 5.07. The van der Waals surface area contributed by atoms with Gasteiger partial charge < -0.3 is 4.90 Å². The van der Waals surface area contributed by atoms with Crippen LogP contribution in [-0.2, 0) is 14.8 Å². The molecule has 1 aromatic heterocycles. The summed E-state index contributed by atoms with van der Waals surface area (Å²) in [7, 11) is -3.73. The first-order valence-electron chi connectivity index (χ1n) is 5.15. The molecule has 0 spiro atoms. The van der Waals surface area contributed by atoms with Gasteiger partial charge in [0.05, 0.1) is 5.56 Å². The van der Waals surface area contributed by atoms with Gasteiger partial charge in [-0.05, 0) is 13.0 Å². The Morgan fingerprint density at radius 3 is 2.78 bits per heavy atom. The number of primary sulfonamides is 1. The van der Waals surface area contributed by atoms with E-state index in [2.05, 4.69) is 0 Å². The second-order valence-corrected chi connectivity index (χ2v) is 7.19. The molecule has 1 atom stereocenters. The summed E-state index contributed by atoms with van der Waals surface area (Å²) in [6.45, 7) is 1.85. The molecule has 1 saturated heterocycles. The van der Waals surface area contributed by atoms with Crippen LogP contribution >= 0.6 is 11.3 Å². The SMILES string of the molecule is Cc1cc(C#N)c(N2CC(S(N)(=O)=O)CC2=O)s1. The minimum Gasteiger partial charge on any atom is -0.301 e. The first kappa shape index (κ1) is 13.0. The number of carbonyl (C=O) groups is 1. The molecule has 1 amide bonds. The van der Waals surface area contributed by atoms with Crippen LogP contribution in [0.5, 0.6) is 0 Å². The average molecular weight is 285 g/mol. The number of aryl methyl sites for hydroxylation is 1. The second kappa shape index (κ2) is 4.35. The lowest BCUT2D eigenvalue weighted by Gasteiger charge is -2.14. The first-order valence-corrected chi connectivity index (χ1v) is 7.58. The van der Waals surface area contributed by atoms with E-state index in [0.717, 1.165) is 4.88 Å². The summed E-state index contributed by atoms with van der Waals surface area (Å²) in [6.07, 6.45) is -0.124. The summed E-state index contributed by atoms with van der Waals surface area (Å²) in [6, 6.07) is 3.68. The molecule has 2 rings (SSSR count). The minimum absolute atomic E-state index is 0.0201. The molecule has 1 aliphatic heterocycles. The fourth-order valence-electron chi connectivity index (χ4n) is 1.87. The maximum absolute atomic E-state index is 11.8. The number of hydrogen-bond acceptors (Lipinski definition) is 5. The fourth-order valence-corrected chi connectivity index (χ4v) is 3.59. The van der Waals surface area contributed by atoms with Crippen molar-refractivity contribution in [3.8, 4) is 6.07 Å². The number of thiophene rings is 1. The summed E-state index contributed by atoms with van der Waals surface area (Å²) in [5, 5.41) is 13.6. The molecule has 2 heterocycles. The molecule has 2 N–H and O–H groups in total. The Morgan fingerprint density at radius 2 is 2.28 bits per heavy atom. The second-order valence-electron chi connectivity index (χ2n) is 4.11. The maximum Gasteiger partial charge on any atom is 0.229 e. The van der Waals surface area contributed by atoms with Crippen molar-refractivity contribution < 1.29 is 13.2 Å². The topological polar surface area (TPSA) is 104 Å². The summed E-state index contributed by atoms with van der Waals surface area (Å²) < 4.78 is 22.5. The molecule has 0 bridgehead atoms. The molecule has 0 saturated carbocycles. The Hall–Kier alpha value is -1.43. The number of amides is 1. The van der Waals surface area contributed by atoms with Crippen LogP contribution < -0.4 is 10.0 Å². The van der Waals surface area contributed by atoms with Crippen molar-refractivity contribution in [3.05, 3.63) is 16.5 Å². The van der Waals surface area contributed by atoms with E-state index in [1.165, 1.54) is 16.2 Å². The van der Waals surface area contributed by atoms with Gasteiger partial charge in [-0.1, -0.05) is 0 Å². The van der Waals surface area contributed by atoms with Crippen LogP contribution in [0, 0.1) is 18.3 Å². The summed E-state index contributed by atoms with van der Waals surface area (Å²) in [4.78, 5) is 14.0. The van der Waals surface area contributed by atoms with E-state index in [-0.39, 0.29) is 18.9 Å². The van der Waals surface area contributed by atoms with Crippen molar-refractivity contribution in [1.82, 2.24) is 0 Å². The number of nitriles is 1. The molecule has 1 aliphatic rings. The van der Waals surface area contributed by atoms with Gasteiger partial charge in [0.1, 0.15) is 16.3 Å². The van der Waals surface area contributed by atoms with Crippen LogP contribution in [0.4, 0.5) is 5.00 Å². The van der Waals surface area contributed by atoms with Gasteiger partial charge in [0.15, 0.2) is 0 Å².